The summed E-state index contributed by atoms with van der Waals surface area (Å²) < 4.78 is 40.5. The van der Waals surface area contributed by atoms with Crippen LogP contribution in [0.25, 0.3) is 0 Å². The lowest BCUT2D eigenvalue weighted by Crippen LogP contribution is -2.12. The van der Waals surface area contributed by atoms with Crippen molar-refractivity contribution in [3.05, 3.63) is 11.7 Å². The third-order valence-corrected chi connectivity index (χ3v) is 2.12. The summed E-state index contributed by atoms with van der Waals surface area (Å²) in [4.78, 5) is 3.61. The molecule has 2 rings (SSSR count). The van der Waals surface area contributed by atoms with E-state index in [2.05, 4.69) is 14.7 Å². The standard InChI is InChI=1S/C8H6F3N3O/c9-8(10,11)2-6-13-7(15-14-6)5-1-4(5)3-12/h4-5H,1-2H2. The lowest BCUT2D eigenvalue weighted by molar-refractivity contribution is -0.128. The normalized spacial score (nSPS) is 24.9. The second-order valence-electron chi connectivity index (χ2n) is 3.42. The Kier molecular flexibility index (Phi) is 2.14. The van der Waals surface area contributed by atoms with Crippen molar-refractivity contribution < 1.29 is 17.7 Å². The predicted molar refractivity (Wildman–Crippen MR) is 40.5 cm³/mol. The molecule has 1 aromatic rings. The number of alkyl halides is 3. The van der Waals surface area contributed by atoms with Crippen LogP contribution in [-0.4, -0.2) is 16.3 Å². The van der Waals surface area contributed by atoms with Crippen molar-refractivity contribution in [2.24, 2.45) is 5.92 Å². The second kappa shape index (κ2) is 3.22. The van der Waals surface area contributed by atoms with Crippen molar-refractivity contribution in [3.8, 4) is 6.07 Å². The fraction of sp³-hybridized carbons (Fsp3) is 0.625. The molecule has 0 aromatic carbocycles. The van der Waals surface area contributed by atoms with Crippen LogP contribution in [0.15, 0.2) is 4.52 Å². The van der Waals surface area contributed by atoms with Gasteiger partial charge >= 0.3 is 6.18 Å². The minimum Gasteiger partial charge on any atom is -0.339 e. The molecule has 1 fully saturated rings. The molecular formula is C8H6F3N3O. The third-order valence-electron chi connectivity index (χ3n) is 2.12. The van der Waals surface area contributed by atoms with Crippen LogP contribution in [0.2, 0.25) is 0 Å². The van der Waals surface area contributed by atoms with Crippen LogP contribution in [0.1, 0.15) is 24.1 Å². The van der Waals surface area contributed by atoms with Crippen molar-refractivity contribution in [3.63, 3.8) is 0 Å². The first-order chi connectivity index (χ1) is 6.99. The van der Waals surface area contributed by atoms with Crippen LogP contribution in [0.4, 0.5) is 13.2 Å². The van der Waals surface area contributed by atoms with Crippen LogP contribution < -0.4 is 0 Å². The van der Waals surface area contributed by atoms with Gasteiger partial charge in [-0.05, 0) is 6.42 Å². The van der Waals surface area contributed by atoms with Crippen molar-refractivity contribution in [1.82, 2.24) is 10.1 Å². The molecule has 1 heterocycles. The average molecular weight is 217 g/mol. The van der Waals surface area contributed by atoms with E-state index in [1.54, 1.807) is 0 Å². The minimum atomic E-state index is -4.33. The van der Waals surface area contributed by atoms with Crippen LogP contribution in [0, 0.1) is 17.2 Å². The molecule has 2 unspecified atom stereocenters. The smallest absolute Gasteiger partial charge is 0.339 e. The Bertz CT molecular complexity index is 406. The van der Waals surface area contributed by atoms with E-state index in [1.165, 1.54) is 0 Å². The molecule has 7 heteroatoms. The molecule has 0 N–H and O–H groups in total. The van der Waals surface area contributed by atoms with Gasteiger partial charge in [-0.15, -0.1) is 0 Å². The molecule has 0 saturated heterocycles. The first-order valence-electron chi connectivity index (χ1n) is 4.28. The Morgan fingerprint density at radius 1 is 1.53 bits per heavy atom. The Labute approximate surface area is 82.7 Å². The lowest BCUT2D eigenvalue weighted by Gasteiger charge is -1.99. The van der Waals surface area contributed by atoms with Gasteiger partial charge < -0.3 is 4.52 Å². The zero-order valence-electron chi connectivity index (χ0n) is 7.45. The van der Waals surface area contributed by atoms with Gasteiger partial charge in [-0.3, -0.25) is 0 Å². The highest BCUT2D eigenvalue weighted by Gasteiger charge is 2.43. The largest absolute Gasteiger partial charge is 0.396 e. The number of halogens is 3. The molecule has 1 saturated carbocycles. The summed E-state index contributed by atoms with van der Waals surface area (Å²) in [5.74, 6) is -0.601. The van der Waals surface area contributed by atoms with Gasteiger partial charge in [0.15, 0.2) is 5.82 Å². The zero-order chi connectivity index (χ0) is 11.1. The molecule has 1 aliphatic rings. The van der Waals surface area contributed by atoms with Crippen LogP contribution in [0.3, 0.4) is 0 Å². The van der Waals surface area contributed by atoms with Gasteiger partial charge in [-0.2, -0.15) is 23.4 Å². The quantitative estimate of drug-likeness (QED) is 0.757. The van der Waals surface area contributed by atoms with Crippen molar-refractivity contribution in [1.29, 1.82) is 5.26 Å². The molecular weight excluding hydrogens is 211 g/mol. The molecule has 0 radical (unpaired) electrons. The van der Waals surface area contributed by atoms with Gasteiger partial charge in [0.05, 0.1) is 17.9 Å². The van der Waals surface area contributed by atoms with E-state index in [4.69, 9.17) is 5.26 Å². The Balaban J connectivity index is 2.03. The zero-order valence-corrected chi connectivity index (χ0v) is 7.45. The highest BCUT2D eigenvalue weighted by atomic mass is 19.4. The van der Waals surface area contributed by atoms with Gasteiger partial charge in [0.2, 0.25) is 5.89 Å². The fourth-order valence-corrected chi connectivity index (χ4v) is 1.28. The summed E-state index contributed by atoms with van der Waals surface area (Å²) in [7, 11) is 0. The molecule has 1 aliphatic carbocycles. The highest BCUT2D eigenvalue weighted by molar-refractivity contribution is 5.15. The van der Waals surface area contributed by atoms with Gasteiger partial charge in [-0.25, -0.2) is 0 Å². The first-order valence-corrected chi connectivity index (χ1v) is 4.28. The monoisotopic (exact) mass is 217 g/mol. The average Bonchev–Trinajstić information content (AvgIpc) is 2.78. The number of aromatic nitrogens is 2. The first kappa shape index (κ1) is 9.96. The fourth-order valence-electron chi connectivity index (χ4n) is 1.28. The van der Waals surface area contributed by atoms with Crippen LogP contribution in [-0.2, 0) is 6.42 Å². The van der Waals surface area contributed by atoms with E-state index in [9.17, 15) is 13.2 Å². The van der Waals surface area contributed by atoms with Gasteiger partial charge in [0, 0.05) is 0 Å². The van der Waals surface area contributed by atoms with Crippen molar-refractivity contribution in [2.75, 3.05) is 0 Å². The third kappa shape index (κ3) is 2.26. The van der Waals surface area contributed by atoms with E-state index in [1.807, 2.05) is 6.07 Å². The number of hydrogen-bond acceptors (Lipinski definition) is 4. The van der Waals surface area contributed by atoms with Gasteiger partial charge in [0.1, 0.15) is 6.42 Å². The molecule has 0 spiro atoms. The number of nitrogens with zero attached hydrogens (tertiary/aromatic N) is 3. The van der Waals surface area contributed by atoms with Gasteiger partial charge in [0.25, 0.3) is 0 Å². The summed E-state index contributed by atoms with van der Waals surface area (Å²) in [6, 6.07) is 1.99. The summed E-state index contributed by atoms with van der Waals surface area (Å²) in [6.45, 7) is 0. The highest BCUT2D eigenvalue weighted by Crippen LogP contribution is 2.46. The number of nitriles is 1. The summed E-state index contributed by atoms with van der Waals surface area (Å²) in [5, 5.41) is 11.7. The van der Waals surface area contributed by atoms with Gasteiger partial charge in [-0.1, -0.05) is 5.16 Å². The lowest BCUT2D eigenvalue weighted by atomic mass is 10.3. The summed E-state index contributed by atoms with van der Waals surface area (Å²) >= 11 is 0. The van der Waals surface area contributed by atoms with Crippen molar-refractivity contribution in [2.45, 2.75) is 24.9 Å². The predicted octanol–water partition coefficient (Wildman–Crippen LogP) is 1.80. The van der Waals surface area contributed by atoms with Crippen molar-refractivity contribution >= 4 is 0 Å². The Hall–Kier alpha value is -1.58. The molecule has 0 amide bonds. The topological polar surface area (TPSA) is 62.7 Å². The molecule has 4 nitrogen and oxygen atoms in total. The maximum atomic E-state index is 11.9. The van der Waals surface area contributed by atoms with E-state index in [0.29, 0.717) is 6.42 Å². The minimum absolute atomic E-state index is 0.140. The molecule has 2 atom stereocenters. The van der Waals surface area contributed by atoms with E-state index >= 15 is 0 Å². The summed E-state index contributed by atoms with van der Waals surface area (Å²) in [6.07, 6.45) is -4.94. The molecule has 0 aliphatic heterocycles. The molecule has 80 valence electrons. The van der Waals surface area contributed by atoms with E-state index < -0.39 is 12.6 Å². The van der Waals surface area contributed by atoms with Crippen LogP contribution in [0.5, 0.6) is 0 Å². The molecule has 0 bridgehead atoms. The Morgan fingerprint density at radius 2 is 2.27 bits per heavy atom. The summed E-state index contributed by atoms with van der Waals surface area (Å²) in [5.41, 5.74) is 0. The molecule has 15 heavy (non-hydrogen) atoms. The maximum Gasteiger partial charge on any atom is 0.396 e. The van der Waals surface area contributed by atoms with E-state index in [-0.39, 0.29) is 23.6 Å². The maximum absolute atomic E-state index is 11.9. The SMILES string of the molecule is N#CC1CC1c1nc(CC(F)(F)F)no1. The van der Waals surface area contributed by atoms with E-state index in [0.717, 1.165) is 0 Å². The second-order valence-corrected chi connectivity index (χ2v) is 3.42. The number of hydrogen-bond donors (Lipinski definition) is 0. The molecule has 1 aromatic heterocycles. The number of rotatable bonds is 2. The van der Waals surface area contributed by atoms with Crippen LogP contribution >= 0.6 is 0 Å². The Morgan fingerprint density at radius 3 is 2.80 bits per heavy atom.